The second kappa shape index (κ2) is 6.02. The third-order valence-corrected chi connectivity index (χ3v) is 6.01. The van der Waals surface area contributed by atoms with Crippen LogP contribution in [0.2, 0.25) is 0 Å². The minimum Gasteiger partial charge on any atom is -0.179 e. The van der Waals surface area contributed by atoms with Crippen molar-refractivity contribution in [2.75, 3.05) is 13.3 Å². The SMILES string of the molecule is CC(C1c2[c-]cccc2-c2ccccc21)P(C)C.[Hf]. The van der Waals surface area contributed by atoms with Crippen LogP contribution in [-0.4, -0.2) is 19.0 Å². The molecule has 0 radical (unpaired) electrons. The second-order valence-electron chi connectivity index (χ2n) is 5.27. The molecule has 0 aliphatic heterocycles. The van der Waals surface area contributed by atoms with E-state index in [1.165, 1.54) is 22.3 Å². The Kier molecular flexibility index (Phi) is 4.79. The van der Waals surface area contributed by atoms with E-state index < -0.39 is 0 Å². The summed E-state index contributed by atoms with van der Waals surface area (Å²) in [5.74, 6) is 0.540. The Morgan fingerprint density at radius 2 is 1.74 bits per heavy atom. The number of hydrogen-bond acceptors (Lipinski definition) is 0. The Labute approximate surface area is 136 Å². The molecule has 2 unspecified atom stereocenters. The van der Waals surface area contributed by atoms with E-state index in [2.05, 4.69) is 68.8 Å². The molecule has 0 saturated carbocycles. The van der Waals surface area contributed by atoms with Crippen LogP contribution in [0.4, 0.5) is 0 Å². The molecule has 0 N–H and O–H groups in total. The maximum Gasteiger partial charge on any atom is 0 e. The van der Waals surface area contributed by atoms with Gasteiger partial charge < -0.3 is 0 Å². The summed E-state index contributed by atoms with van der Waals surface area (Å²) in [6.07, 6.45) is 0. The predicted octanol–water partition coefficient (Wildman–Crippen LogP) is 4.73. The van der Waals surface area contributed by atoms with Crippen LogP contribution in [0.25, 0.3) is 11.1 Å². The van der Waals surface area contributed by atoms with Crippen LogP contribution in [0.15, 0.2) is 42.5 Å². The maximum absolute atomic E-state index is 3.49. The Hall–Kier alpha value is -0.260. The zero-order valence-corrected chi connectivity index (χ0v) is 16.1. The molecule has 0 heterocycles. The molecule has 0 aromatic heterocycles. The van der Waals surface area contributed by atoms with Gasteiger partial charge in [-0.3, -0.25) is 0 Å². The summed E-state index contributed by atoms with van der Waals surface area (Å²) >= 11 is 0. The largest absolute Gasteiger partial charge is 0.179 e. The van der Waals surface area contributed by atoms with Crippen molar-refractivity contribution in [2.45, 2.75) is 18.5 Å². The summed E-state index contributed by atoms with van der Waals surface area (Å²) in [5, 5.41) is 0. The number of fused-ring (bicyclic) bond motifs is 3. The third kappa shape index (κ3) is 2.52. The molecule has 2 atom stereocenters. The Bertz CT molecular complexity index is 531. The van der Waals surface area contributed by atoms with Crippen molar-refractivity contribution in [2.24, 2.45) is 0 Å². The van der Waals surface area contributed by atoms with Crippen molar-refractivity contribution in [1.82, 2.24) is 0 Å². The van der Waals surface area contributed by atoms with E-state index in [0.717, 1.165) is 0 Å². The Morgan fingerprint density at radius 1 is 1.05 bits per heavy atom. The van der Waals surface area contributed by atoms with Crippen LogP contribution < -0.4 is 0 Å². The van der Waals surface area contributed by atoms with E-state index >= 15 is 0 Å². The van der Waals surface area contributed by atoms with Gasteiger partial charge in [0.05, 0.1) is 0 Å². The molecule has 2 aromatic rings. The number of benzene rings is 2. The van der Waals surface area contributed by atoms with Crippen molar-refractivity contribution in [1.29, 1.82) is 0 Å². The fourth-order valence-corrected chi connectivity index (χ4v) is 3.82. The average molecular weight is 432 g/mol. The summed E-state index contributed by atoms with van der Waals surface area (Å²) in [7, 11) is 0.0584. The Balaban J connectivity index is 0.00000133. The quantitative estimate of drug-likeness (QED) is 0.366. The molecule has 19 heavy (non-hydrogen) atoms. The van der Waals surface area contributed by atoms with Gasteiger partial charge in [0.15, 0.2) is 0 Å². The van der Waals surface area contributed by atoms with E-state index in [1.54, 1.807) is 0 Å². The molecule has 0 fully saturated rings. The first-order valence-corrected chi connectivity index (χ1v) is 8.77. The third-order valence-electron chi connectivity index (χ3n) is 4.08. The zero-order valence-electron chi connectivity index (χ0n) is 11.6. The molecule has 3 rings (SSSR count). The minimum absolute atomic E-state index is 0. The van der Waals surface area contributed by atoms with Gasteiger partial charge >= 0.3 is 0 Å². The number of hydrogen-bond donors (Lipinski definition) is 0. The Morgan fingerprint density at radius 3 is 2.47 bits per heavy atom. The summed E-state index contributed by atoms with van der Waals surface area (Å²) in [6.45, 7) is 7.15. The van der Waals surface area contributed by atoms with Crippen molar-refractivity contribution in [3.05, 3.63) is 59.7 Å². The molecule has 0 saturated heterocycles. The van der Waals surface area contributed by atoms with Crippen LogP contribution >= 0.6 is 7.92 Å². The standard InChI is InChI=1S/C17H18P.Hf/c1-12(18(2)3)17-15-10-6-4-8-13(15)14-9-5-7-11-16(14)17;/h4-10,12,17H,1-3H3;/q-1;. The van der Waals surface area contributed by atoms with Crippen LogP contribution in [-0.2, 0) is 25.8 Å². The first kappa shape index (κ1) is 15.1. The van der Waals surface area contributed by atoms with E-state index in [1.807, 2.05) is 0 Å². The summed E-state index contributed by atoms with van der Waals surface area (Å²) in [5.41, 5.74) is 6.42. The van der Waals surface area contributed by atoms with Crippen molar-refractivity contribution in [3.8, 4) is 11.1 Å². The predicted molar refractivity (Wildman–Crippen MR) is 80.8 cm³/mol. The van der Waals surface area contributed by atoms with Gasteiger partial charge in [-0.05, 0) is 30.5 Å². The van der Waals surface area contributed by atoms with Gasteiger partial charge in [0.25, 0.3) is 0 Å². The van der Waals surface area contributed by atoms with Gasteiger partial charge in [-0.25, -0.2) is 0 Å². The fraction of sp³-hybridized carbons (Fsp3) is 0.294. The average Bonchev–Trinajstić information content (AvgIpc) is 2.72. The van der Waals surface area contributed by atoms with E-state index in [-0.39, 0.29) is 33.8 Å². The first-order chi connectivity index (χ1) is 8.70. The molecule has 0 bridgehead atoms. The van der Waals surface area contributed by atoms with Crippen LogP contribution in [0.3, 0.4) is 0 Å². The zero-order chi connectivity index (χ0) is 12.7. The summed E-state index contributed by atoms with van der Waals surface area (Å²) < 4.78 is 0. The summed E-state index contributed by atoms with van der Waals surface area (Å²) in [6, 6.07) is 18.7. The van der Waals surface area contributed by atoms with Crippen LogP contribution in [0, 0.1) is 6.07 Å². The topological polar surface area (TPSA) is 0 Å². The fourth-order valence-electron chi connectivity index (χ4n) is 2.91. The molecule has 96 valence electrons. The van der Waals surface area contributed by atoms with E-state index in [9.17, 15) is 0 Å². The van der Waals surface area contributed by atoms with Crippen molar-refractivity contribution < 1.29 is 25.8 Å². The van der Waals surface area contributed by atoms with E-state index in [4.69, 9.17) is 0 Å². The molecular formula is C17H18HfP-. The maximum atomic E-state index is 3.49. The monoisotopic (exact) mass is 433 g/mol. The van der Waals surface area contributed by atoms with Crippen LogP contribution in [0.5, 0.6) is 0 Å². The molecule has 2 aromatic carbocycles. The first-order valence-electron chi connectivity index (χ1n) is 6.46. The smallest absolute Gasteiger partial charge is 0 e. The molecule has 1 aliphatic rings. The molecule has 0 amide bonds. The van der Waals surface area contributed by atoms with Gasteiger partial charge in [-0.2, -0.15) is 24.3 Å². The molecule has 2 heteroatoms. The van der Waals surface area contributed by atoms with E-state index in [0.29, 0.717) is 11.6 Å². The van der Waals surface area contributed by atoms with Gasteiger partial charge in [0.1, 0.15) is 0 Å². The molecule has 1 aliphatic carbocycles. The van der Waals surface area contributed by atoms with Gasteiger partial charge in [0, 0.05) is 25.8 Å². The minimum atomic E-state index is 0. The second-order valence-corrected chi connectivity index (χ2v) is 8.01. The number of rotatable bonds is 2. The molecule has 0 nitrogen and oxygen atoms in total. The molecular weight excluding hydrogens is 414 g/mol. The van der Waals surface area contributed by atoms with Gasteiger partial charge in [-0.1, -0.05) is 36.8 Å². The van der Waals surface area contributed by atoms with Gasteiger partial charge in [0.2, 0.25) is 0 Å². The normalized spacial score (nSPS) is 17.6. The van der Waals surface area contributed by atoms with Crippen molar-refractivity contribution in [3.63, 3.8) is 0 Å². The van der Waals surface area contributed by atoms with Crippen molar-refractivity contribution >= 4 is 7.92 Å². The van der Waals surface area contributed by atoms with Gasteiger partial charge in [-0.15, -0.1) is 19.0 Å². The van der Waals surface area contributed by atoms with Crippen LogP contribution in [0.1, 0.15) is 24.0 Å². The molecule has 0 spiro atoms. The summed E-state index contributed by atoms with van der Waals surface area (Å²) in [4.78, 5) is 0.